The highest BCUT2D eigenvalue weighted by molar-refractivity contribution is 9.10. The van der Waals surface area contributed by atoms with Crippen LogP contribution in [0.1, 0.15) is 11.6 Å². The number of benzene rings is 2. The van der Waals surface area contributed by atoms with E-state index in [1.165, 1.54) is 19.2 Å². The minimum Gasteiger partial charge on any atom is -0.495 e. The molecule has 0 amide bonds. The molecule has 2 rings (SSSR count). The van der Waals surface area contributed by atoms with E-state index in [4.69, 9.17) is 4.74 Å². The van der Waals surface area contributed by atoms with Crippen LogP contribution in [0.5, 0.6) is 5.75 Å². The summed E-state index contributed by atoms with van der Waals surface area (Å²) in [6.45, 7) is 0. The van der Waals surface area contributed by atoms with Gasteiger partial charge in [-0.15, -0.1) is 0 Å². The second-order valence-corrected chi connectivity index (χ2v) is 5.14. The van der Waals surface area contributed by atoms with Crippen LogP contribution < -0.4 is 10.1 Å². The zero-order valence-corrected chi connectivity index (χ0v) is 12.7. The van der Waals surface area contributed by atoms with Crippen molar-refractivity contribution < 1.29 is 19.0 Å². The van der Waals surface area contributed by atoms with Gasteiger partial charge in [-0.05, 0) is 45.8 Å². The third-order valence-corrected chi connectivity index (χ3v) is 3.57. The molecule has 0 bridgehead atoms. The molecule has 0 aliphatic rings. The number of aliphatic carboxylic acids is 1. The van der Waals surface area contributed by atoms with Gasteiger partial charge < -0.3 is 15.2 Å². The molecule has 0 saturated heterocycles. The third kappa shape index (κ3) is 3.52. The van der Waals surface area contributed by atoms with E-state index >= 15 is 0 Å². The molecule has 4 nitrogen and oxygen atoms in total. The Hall–Kier alpha value is -2.08. The maximum atomic E-state index is 13.6. The van der Waals surface area contributed by atoms with E-state index in [1.807, 2.05) is 0 Å². The van der Waals surface area contributed by atoms with E-state index < -0.39 is 17.8 Å². The summed E-state index contributed by atoms with van der Waals surface area (Å²) in [7, 11) is 1.50. The Morgan fingerprint density at radius 3 is 2.67 bits per heavy atom. The Bertz CT molecular complexity index is 663. The average Bonchev–Trinajstić information content (AvgIpc) is 2.48. The number of carbonyl (C=O) groups is 1. The van der Waals surface area contributed by atoms with Crippen LogP contribution in [0, 0.1) is 5.82 Å². The Morgan fingerprint density at radius 1 is 1.33 bits per heavy atom. The van der Waals surface area contributed by atoms with Crippen LogP contribution in [0.2, 0.25) is 0 Å². The van der Waals surface area contributed by atoms with Crippen molar-refractivity contribution >= 4 is 27.6 Å². The maximum Gasteiger partial charge on any atom is 0.330 e. The lowest BCUT2D eigenvalue weighted by molar-refractivity contribution is -0.138. The zero-order valence-electron chi connectivity index (χ0n) is 11.1. The molecule has 0 saturated carbocycles. The van der Waals surface area contributed by atoms with Gasteiger partial charge in [0.05, 0.1) is 17.3 Å². The van der Waals surface area contributed by atoms with Crippen LogP contribution in [-0.2, 0) is 4.79 Å². The lowest BCUT2D eigenvalue weighted by Crippen LogP contribution is -2.21. The van der Waals surface area contributed by atoms with Crippen LogP contribution in [0.25, 0.3) is 0 Å². The molecule has 0 aromatic heterocycles. The highest BCUT2D eigenvalue weighted by Crippen LogP contribution is 2.29. The molecular weight excluding hydrogens is 341 g/mol. The van der Waals surface area contributed by atoms with Crippen LogP contribution in [-0.4, -0.2) is 18.2 Å². The summed E-state index contributed by atoms with van der Waals surface area (Å²) >= 11 is 3.04. The molecule has 6 heteroatoms. The van der Waals surface area contributed by atoms with E-state index in [1.54, 1.807) is 30.3 Å². The van der Waals surface area contributed by atoms with Gasteiger partial charge in [0, 0.05) is 0 Å². The zero-order chi connectivity index (χ0) is 15.4. The molecular formula is C15H13BrFNO3. The summed E-state index contributed by atoms with van der Waals surface area (Å²) in [5, 5.41) is 12.2. The number of rotatable bonds is 5. The van der Waals surface area contributed by atoms with Crippen molar-refractivity contribution in [1.29, 1.82) is 0 Å². The second-order valence-electron chi connectivity index (χ2n) is 4.29. The molecule has 21 heavy (non-hydrogen) atoms. The van der Waals surface area contributed by atoms with Crippen LogP contribution in [0.3, 0.4) is 0 Å². The minimum absolute atomic E-state index is 0.285. The van der Waals surface area contributed by atoms with Crippen LogP contribution in [0.4, 0.5) is 10.1 Å². The predicted molar refractivity (Wildman–Crippen MR) is 81.1 cm³/mol. The third-order valence-electron chi connectivity index (χ3n) is 2.93. The van der Waals surface area contributed by atoms with Gasteiger partial charge >= 0.3 is 5.97 Å². The van der Waals surface area contributed by atoms with Crippen molar-refractivity contribution in [2.45, 2.75) is 6.04 Å². The lowest BCUT2D eigenvalue weighted by atomic mass is 10.1. The number of carboxylic acids is 1. The monoisotopic (exact) mass is 353 g/mol. The number of anilines is 1. The Labute approximate surface area is 129 Å². The molecule has 2 aromatic rings. The Kier molecular flexibility index (Phi) is 4.80. The van der Waals surface area contributed by atoms with Crippen LogP contribution >= 0.6 is 15.9 Å². The smallest absolute Gasteiger partial charge is 0.330 e. The normalized spacial score (nSPS) is 11.8. The molecule has 0 aliphatic heterocycles. The first-order valence-corrected chi connectivity index (χ1v) is 6.89. The number of nitrogens with one attached hydrogen (secondary N) is 1. The number of carboxylic acid groups (broad SMARTS) is 1. The van der Waals surface area contributed by atoms with Crippen molar-refractivity contribution in [2.75, 3.05) is 12.4 Å². The van der Waals surface area contributed by atoms with E-state index in [9.17, 15) is 14.3 Å². The molecule has 110 valence electrons. The predicted octanol–water partition coefficient (Wildman–Crippen LogP) is 3.83. The fourth-order valence-corrected chi connectivity index (χ4v) is 2.15. The number of halogens is 2. The first-order valence-electron chi connectivity index (χ1n) is 6.10. The van der Waals surface area contributed by atoms with E-state index in [2.05, 4.69) is 21.2 Å². The SMILES string of the molecule is COc1ccccc1NC(C(=O)O)c1ccc(Br)c(F)c1. The van der Waals surface area contributed by atoms with Crippen molar-refractivity contribution in [1.82, 2.24) is 0 Å². The standard InChI is InChI=1S/C15H13BrFNO3/c1-21-13-5-3-2-4-12(13)18-14(15(19)20)9-6-7-10(16)11(17)8-9/h2-8,14,18H,1H3,(H,19,20). The summed E-state index contributed by atoms with van der Waals surface area (Å²) in [4.78, 5) is 11.5. The molecule has 0 radical (unpaired) electrons. The van der Waals surface area contributed by atoms with Gasteiger partial charge in [0.1, 0.15) is 11.6 Å². The number of para-hydroxylation sites is 2. The fourth-order valence-electron chi connectivity index (χ4n) is 1.90. The van der Waals surface area contributed by atoms with E-state index in [0.29, 0.717) is 17.0 Å². The molecule has 2 aromatic carbocycles. The highest BCUT2D eigenvalue weighted by atomic mass is 79.9. The van der Waals surface area contributed by atoms with Gasteiger partial charge in [-0.25, -0.2) is 9.18 Å². The summed E-state index contributed by atoms with van der Waals surface area (Å²) in [6, 6.07) is 10.1. The van der Waals surface area contributed by atoms with Crippen molar-refractivity contribution in [3.05, 3.63) is 58.3 Å². The van der Waals surface area contributed by atoms with E-state index in [0.717, 1.165) is 0 Å². The van der Waals surface area contributed by atoms with Gasteiger partial charge in [-0.1, -0.05) is 18.2 Å². The number of ether oxygens (including phenoxy) is 1. The summed E-state index contributed by atoms with van der Waals surface area (Å²) in [5.41, 5.74) is 0.838. The lowest BCUT2D eigenvalue weighted by Gasteiger charge is -2.18. The average molecular weight is 354 g/mol. The van der Waals surface area contributed by atoms with Crippen molar-refractivity contribution in [3.8, 4) is 5.75 Å². The number of hydrogen-bond acceptors (Lipinski definition) is 3. The first-order chi connectivity index (χ1) is 10.0. The molecule has 0 heterocycles. The van der Waals surface area contributed by atoms with Crippen molar-refractivity contribution in [2.24, 2.45) is 0 Å². The highest BCUT2D eigenvalue weighted by Gasteiger charge is 2.22. The minimum atomic E-state index is -1.11. The molecule has 0 fully saturated rings. The topological polar surface area (TPSA) is 58.6 Å². The van der Waals surface area contributed by atoms with Crippen LogP contribution in [0.15, 0.2) is 46.9 Å². The van der Waals surface area contributed by atoms with Gasteiger partial charge in [0.2, 0.25) is 0 Å². The summed E-state index contributed by atoms with van der Waals surface area (Å²) < 4.78 is 19.0. The Morgan fingerprint density at radius 2 is 2.05 bits per heavy atom. The number of methoxy groups -OCH3 is 1. The van der Waals surface area contributed by atoms with Gasteiger partial charge in [-0.2, -0.15) is 0 Å². The van der Waals surface area contributed by atoms with Crippen molar-refractivity contribution in [3.63, 3.8) is 0 Å². The molecule has 0 aliphatic carbocycles. The molecule has 0 spiro atoms. The second kappa shape index (κ2) is 6.58. The number of hydrogen-bond donors (Lipinski definition) is 2. The fraction of sp³-hybridized carbons (Fsp3) is 0.133. The molecule has 1 unspecified atom stereocenters. The quantitative estimate of drug-likeness (QED) is 0.857. The largest absolute Gasteiger partial charge is 0.495 e. The van der Waals surface area contributed by atoms with E-state index in [-0.39, 0.29) is 4.47 Å². The summed E-state index contributed by atoms with van der Waals surface area (Å²) in [6.07, 6.45) is 0. The molecule has 2 N–H and O–H groups in total. The van der Waals surface area contributed by atoms with Gasteiger partial charge in [0.25, 0.3) is 0 Å². The maximum absolute atomic E-state index is 13.6. The van der Waals surface area contributed by atoms with Gasteiger partial charge in [0.15, 0.2) is 6.04 Å². The first kappa shape index (κ1) is 15.3. The van der Waals surface area contributed by atoms with Gasteiger partial charge in [-0.3, -0.25) is 0 Å². The summed E-state index contributed by atoms with van der Waals surface area (Å²) in [5.74, 6) is -1.11. The Balaban J connectivity index is 2.35. The molecule has 1 atom stereocenters.